The second-order valence-electron chi connectivity index (χ2n) is 4.09. The van der Waals surface area contributed by atoms with Crippen molar-refractivity contribution in [2.24, 2.45) is 0 Å². The van der Waals surface area contributed by atoms with E-state index in [0.29, 0.717) is 6.07 Å². The van der Waals surface area contributed by atoms with E-state index in [2.05, 4.69) is 5.10 Å². The van der Waals surface area contributed by atoms with Crippen molar-refractivity contribution in [2.75, 3.05) is 0 Å². The highest BCUT2D eigenvalue weighted by molar-refractivity contribution is 7.91. The number of aromatic nitrogens is 2. The van der Waals surface area contributed by atoms with Crippen LogP contribution < -0.4 is 0 Å². The van der Waals surface area contributed by atoms with Crippen LogP contribution in [0.4, 0.5) is 20.3 Å². The number of halogens is 2. The van der Waals surface area contributed by atoms with Gasteiger partial charge in [0.05, 0.1) is 27.2 Å². The van der Waals surface area contributed by atoms with Crippen molar-refractivity contribution in [3.63, 3.8) is 0 Å². The van der Waals surface area contributed by atoms with Crippen LogP contribution >= 0.6 is 0 Å². The smallest absolute Gasteiger partial charge is 0.358 e. The maximum absolute atomic E-state index is 12.5. The zero-order valence-electron chi connectivity index (χ0n) is 10.9. The normalized spacial score (nSPS) is 11.6. The Morgan fingerprint density at radius 2 is 1.78 bits per heavy atom. The van der Waals surface area contributed by atoms with E-state index in [1.165, 1.54) is 0 Å². The van der Waals surface area contributed by atoms with E-state index >= 15 is 0 Å². The molecule has 0 aliphatic carbocycles. The minimum atomic E-state index is -5.02. The molecule has 2 rings (SSSR count). The predicted octanol–water partition coefficient (Wildman–Crippen LogP) is 1.69. The fraction of sp³-hybridized carbons (Fsp3) is 0.100. The molecule has 23 heavy (non-hydrogen) atoms. The van der Waals surface area contributed by atoms with Gasteiger partial charge in [-0.2, -0.15) is 8.78 Å². The Balaban J connectivity index is 2.62. The van der Waals surface area contributed by atoms with Gasteiger partial charge in [-0.05, 0) is 17.1 Å². The second kappa shape index (κ2) is 5.68. The quantitative estimate of drug-likeness (QED) is 0.591. The maximum atomic E-state index is 12.5. The zero-order chi connectivity index (χ0) is 17.4. The first-order valence-electron chi connectivity index (χ1n) is 5.65. The maximum Gasteiger partial charge on any atom is 0.390 e. The third kappa shape index (κ3) is 2.98. The van der Waals surface area contributed by atoms with Gasteiger partial charge < -0.3 is 10.1 Å². The van der Waals surface area contributed by atoms with Gasteiger partial charge in [-0.25, -0.2) is 8.42 Å². The minimum Gasteiger partial charge on any atom is -0.358 e. The number of benzene rings is 1. The summed E-state index contributed by atoms with van der Waals surface area (Å²) in [6.07, 6.45) is 1.04. The fourth-order valence-corrected chi connectivity index (χ4v) is 2.41. The summed E-state index contributed by atoms with van der Waals surface area (Å²) in [5.74, 6) is -4.33. The van der Waals surface area contributed by atoms with Crippen LogP contribution in [0.2, 0.25) is 0 Å². The van der Waals surface area contributed by atoms with Crippen LogP contribution in [0.25, 0.3) is 5.69 Å². The third-order valence-corrected chi connectivity index (χ3v) is 4.10. The molecule has 0 amide bonds. The van der Waals surface area contributed by atoms with Gasteiger partial charge in [-0.15, -0.1) is 4.68 Å². The molecule has 2 aromatic rings. The van der Waals surface area contributed by atoms with Gasteiger partial charge in [0.1, 0.15) is 0 Å². The van der Waals surface area contributed by atoms with E-state index in [4.69, 9.17) is 0 Å². The van der Waals surface area contributed by atoms with Gasteiger partial charge in [0, 0.05) is 6.07 Å². The molecule has 0 radical (unpaired) electrons. The Labute approximate surface area is 126 Å². The van der Waals surface area contributed by atoms with E-state index in [-0.39, 0.29) is 5.69 Å². The number of nitro groups is 2. The molecule has 0 N–H and O–H groups in total. The molecule has 1 aromatic heterocycles. The predicted molar refractivity (Wildman–Crippen MR) is 70.1 cm³/mol. The molecule has 10 nitrogen and oxygen atoms in total. The molecule has 0 saturated heterocycles. The van der Waals surface area contributed by atoms with E-state index in [1.54, 1.807) is 0 Å². The van der Waals surface area contributed by atoms with Gasteiger partial charge in [0.2, 0.25) is 9.84 Å². The minimum absolute atomic E-state index is 0.309. The van der Waals surface area contributed by atoms with Gasteiger partial charge in [0.15, 0.2) is 5.69 Å². The van der Waals surface area contributed by atoms with Crippen molar-refractivity contribution in [1.29, 1.82) is 0 Å². The van der Waals surface area contributed by atoms with Crippen LogP contribution in [0.3, 0.4) is 0 Å². The fourth-order valence-electron chi connectivity index (χ4n) is 1.67. The molecule has 1 heterocycles. The van der Waals surface area contributed by atoms with Gasteiger partial charge >= 0.3 is 11.6 Å². The topological polar surface area (TPSA) is 138 Å². The lowest BCUT2D eigenvalue weighted by Crippen LogP contribution is -2.12. The van der Waals surface area contributed by atoms with Crippen LogP contribution in [0.15, 0.2) is 35.4 Å². The highest BCUT2D eigenvalue weighted by Crippen LogP contribution is 2.29. The SMILES string of the molecule is O=[N+]([O-])c1ccn(-c2ccc(S(=O)(=O)C(F)F)cc2[N+](=O)[O-])n1. The summed E-state index contributed by atoms with van der Waals surface area (Å²) < 4.78 is 48.5. The monoisotopic (exact) mass is 348 g/mol. The first-order valence-corrected chi connectivity index (χ1v) is 7.20. The third-order valence-electron chi connectivity index (χ3n) is 2.72. The van der Waals surface area contributed by atoms with Crippen LogP contribution in [0.5, 0.6) is 0 Å². The Bertz CT molecular complexity index is 895. The number of nitro benzene ring substituents is 1. The lowest BCUT2D eigenvalue weighted by atomic mass is 10.2. The molecule has 0 aliphatic heterocycles. The summed E-state index contributed by atoms with van der Waals surface area (Å²) in [7, 11) is -5.02. The average Bonchev–Trinajstić information content (AvgIpc) is 2.96. The molecule has 0 aliphatic rings. The molecule has 0 saturated carbocycles. The second-order valence-corrected chi connectivity index (χ2v) is 6.01. The Morgan fingerprint density at radius 1 is 1.13 bits per heavy atom. The molecule has 13 heteroatoms. The highest BCUT2D eigenvalue weighted by atomic mass is 32.2. The molecule has 0 unspecified atom stereocenters. The number of hydrogen-bond acceptors (Lipinski definition) is 7. The molecular weight excluding hydrogens is 342 g/mol. The summed E-state index contributed by atoms with van der Waals surface area (Å²) in [4.78, 5) is 18.8. The van der Waals surface area contributed by atoms with Crippen LogP contribution in [0.1, 0.15) is 0 Å². The molecule has 0 atom stereocenters. The van der Waals surface area contributed by atoms with Gasteiger partial charge in [-0.3, -0.25) is 10.1 Å². The van der Waals surface area contributed by atoms with Crippen molar-refractivity contribution in [2.45, 2.75) is 10.7 Å². The number of nitrogens with zero attached hydrogens (tertiary/aromatic N) is 4. The summed E-state index contributed by atoms with van der Waals surface area (Å²) in [6.45, 7) is 0. The first kappa shape index (κ1) is 16.4. The van der Waals surface area contributed by atoms with Gasteiger partial charge in [-0.1, -0.05) is 0 Å². The summed E-state index contributed by atoms with van der Waals surface area (Å²) in [5.41, 5.74) is -1.15. The van der Waals surface area contributed by atoms with E-state index in [0.717, 1.165) is 29.1 Å². The molecule has 0 fully saturated rings. The average molecular weight is 348 g/mol. The number of rotatable bonds is 5. The number of hydrogen-bond donors (Lipinski definition) is 0. The molecule has 1 aromatic carbocycles. The van der Waals surface area contributed by atoms with Crippen molar-refractivity contribution in [3.05, 3.63) is 50.7 Å². The Kier molecular flexibility index (Phi) is 4.05. The molecular formula is C10H6F2N4O6S. The van der Waals surface area contributed by atoms with Crippen molar-refractivity contribution in [3.8, 4) is 5.69 Å². The van der Waals surface area contributed by atoms with Crippen LogP contribution in [-0.4, -0.2) is 33.8 Å². The zero-order valence-corrected chi connectivity index (χ0v) is 11.7. The Morgan fingerprint density at radius 3 is 2.26 bits per heavy atom. The van der Waals surface area contributed by atoms with Gasteiger partial charge in [0.25, 0.3) is 5.69 Å². The van der Waals surface area contributed by atoms with Crippen molar-refractivity contribution in [1.82, 2.24) is 9.78 Å². The van der Waals surface area contributed by atoms with Crippen molar-refractivity contribution < 1.29 is 27.0 Å². The molecule has 0 spiro atoms. The first-order chi connectivity index (χ1) is 10.6. The summed E-state index contributed by atoms with van der Waals surface area (Å²) in [6, 6.07) is 3.01. The largest absolute Gasteiger partial charge is 0.390 e. The number of sulfone groups is 1. The molecule has 0 bridgehead atoms. The lowest BCUT2D eigenvalue weighted by molar-refractivity contribution is -0.389. The highest BCUT2D eigenvalue weighted by Gasteiger charge is 2.30. The number of alkyl halides is 2. The Hall–Kier alpha value is -2.96. The van der Waals surface area contributed by atoms with E-state index in [1.807, 2.05) is 0 Å². The van der Waals surface area contributed by atoms with E-state index in [9.17, 15) is 37.4 Å². The van der Waals surface area contributed by atoms with Crippen molar-refractivity contribution >= 4 is 21.3 Å². The van der Waals surface area contributed by atoms with E-state index < -0.39 is 41.8 Å². The standard InChI is InChI=1S/C10H6F2N4O6S/c11-10(12)23(21,22)6-1-2-7(8(5-6)15(17)18)14-4-3-9(13-14)16(19)20/h1-5,10H. The molecule has 122 valence electrons. The lowest BCUT2D eigenvalue weighted by Gasteiger charge is -2.05. The van der Waals surface area contributed by atoms with Crippen LogP contribution in [-0.2, 0) is 9.84 Å². The summed E-state index contributed by atoms with van der Waals surface area (Å²) >= 11 is 0. The van der Waals surface area contributed by atoms with Crippen LogP contribution in [0, 0.1) is 20.2 Å². The summed E-state index contributed by atoms with van der Waals surface area (Å²) in [5, 5.41) is 25.1.